The number of benzene rings is 2. The summed E-state index contributed by atoms with van der Waals surface area (Å²) in [6, 6.07) is 15.2. The van der Waals surface area contributed by atoms with Gasteiger partial charge in [-0.2, -0.15) is 0 Å². The number of thioether (sulfide) groups is 1. The fourth-order valence-corrected chi connectivity index (χ4v) is 10.1. The first-order valence-electron chi connectivity index (χ1n) is 16.5. The van der Waals surface area contributed by atoms with Crippen LogP contribution in [0.15, 0.2) is 79.9 Å². The summed E-state index contributed by atoms with van der Waals surface area (Å²) in [7, 11) is 0. The molecule has 3 aliphatic rings. The van der Waals surface area contributed by atoms with Crippen molar-refractivity contribution < 1.29 is 24.2 Å². The highest BCUT2D eigenvalue weighted by Gasteiger charge is 2.74. The lowest BCUT2D eigenvalue weighted by molar-refractivity contribution is -0.146. The molecule has 2 aromatic carbocycles. The Morgan fingerprint density at radius 3 is 2.39 bits per heavy atom. The summed E-state index contributed by atoms with van der Waals surface area (Å²) in [4.78, 5) is 49.6. The van der Waals surface area contributed by atoms with Crippen LogP contribution in [-0.2, 0) is 14.4 Å². The quantitative estimate of drug-likeness (QED) is 0.253. The van der Waals surface area contributed by atoms with E-state index >= 15 is 0 Å². The number of anilines is 1. The Hall–Kier alpha value is -3.56. The summed E-state index contributed by atoms with van der Waals surface area (Å²) >= 11 is 1.64. The number of aliphatic hydroxyl groups excluding tert-OH is 1. The molecule has 46 heavy (non-hydrogen) atoms. The minimum Gasteiger partial charge on any atom is -0.494 e. The predicted molar refractivity (Wildman–Crippen MR) is 184 cm³/mol. The van der Waals surface area contributed by atoms with E-state index in [-0.39, 0.29) is 42.2 Å². The van der Waals surface area contributed by atoms with Crippen molar-refractivity contribution >= 4 is 35.2 Å². The highest BCUT2D eigenvalue weighted by molar-refractivity contribution is 8.02. The molecule has 3 fully saturated rings. The van der Waals surface area contributed by atoms with Gasteiger partial charge >= 0.3 is 0 Å². The van der Waals surface area contributed by atoms with Crippen molar-refractivity contribution in [1.82, 2.24) is 9.80 Å². The topological polar surface area (TPSA) is 90.4 Å². The van der Waals surface area contributed by atoms with Crippen LogP contribution < -0.4 is 9.64 Å². The highest BCUT2D eigenvalue weighted by atomic mass is 32.2. The maximum Gasteiger partial charge on any atom is 0.247 e. The molecule has 0 aromatic heterocycles. The van der Waals surface area contributed by atoms with Gasteiger partial charge in [0.25, 0.3) is 0 Å². The fourth-order valence-electron chi connectivity index (χ4n) is 7.89. The van der Waals surface area contributed by atoms with E-state index < -0.39 is 28.7 Å². The van der Waals surface area contributed by atoms with Crippen LogP contribution in [-0.4, -0.2) is 81.0 Å². The van der Waals surface area contributed by atoms with E-state index in [0.29, 0.717) is 31.0 Å². The Labute approximate surface area is 277 Å². The van der Waals surface area contributed by atoms with Gasteiger partial charge in [0, 0.05) is 30.1 Å². The molecule has 5 rings (SSSR count). The molecule has 2 aromatic rings. The lowest BCUT2D eigenvalue weighted by Crippen LogP contribution is -2.57. The standard InChI is InChI=1S/C37H47N3O5S/c1-6-13-25(5)38(22-7-2)36(44)33-37-21-20-30(46-37)31(32(37)35(43)40(33)29(24-41)26-14-11-10-12-15-26)34(42)39(23-8-3)27-16-18-28(19-17-27)45-9-4/h7-8,10-12,14-19,25,29-33,41H,2-3,6,9,13,20-24H2,1,4-5H3/t25?,29-,30+,31-,32+,33?,37?/m1/s1. The molecule has 0 aliphatic carbocycles. The summed E-state index contributed by atoms with van der Waals surface area (Å²) in [6.07, 6.45) is 6.53. The van der Waals surface area contributed by atoms with Crippen molar-refractivity contribution in [2.75, 3.05) is 31.2 Å². The normalized spacial score (nSPS) is 25.9. The van der Waals surface area contributed by atoms with Gasteiger partial charge < -0.3 is 24.5 Å². The van der Waals surface area contributed by atoms with Crippen LogP contribution in [0.3, 0.4) is 0 Å². The van der Waals surface area contributed by atoms with Gasteiger partial charge in [-0.1, -0.05) is 55.8 Å². The maximum atomic E-state index is 14.9. The van der Waals surface area contributed by atoms with Gasteiger partial charge in [0.1, 0.15) is 11.8 Å². The van der Waals surface area contributed by atoms with Crippen molar-refractivity contribution in [3.63, 3.8) is 0 Å². The third-order valence-corrected chi connectivity index (χ3v) is 11.8. The van der Waals surface area contributed by atoms with Gasteiger partial charge in [0.05, 0.1) is 35.8 Å². The van der Waals surface area contributed by atoms with Crippen molar-refractivity contribution in [2.45, 2.75) is 74.6 Å². The largest absolute Gasteiger partial charge is 0.494 e. The first-order chi connectivity index (χ1) is 22.3. The van der Waals surface area contributed by atoms with Crippen molar-refractivity contribution in [1.29, 1.82) is 0 Å². The molecule has 1 spiro atoms. The van der Waals surface area contributed by atoms with E-state index in [1.165, 1.54) is 0 Å². The summed E-state index contributed by atoms with van der Waals surface area (Å²) in [5, 5.41) is 10.7. The van der Waals surface area contributed by atoms with Crippen molar-refractivity contribution in [3.8, 4) is 5.75 Å². The number of carbonyl (C=O) groups excluding carboxylic acids is 3. The van der Waals surface area contributed by atoms with Crippen LogP contribution in [0.5, 0.6) is 5.75 Å². The average molecular weight is 646 g/mol. The molecule has 0 saturated carbocycles. The van der Waals surface area contributed by atoms with Crippen molar-refractivity contribution in [3.05, 3.63) is 85.5 Å². The van der Waals surface area contributed by atoms with Crippen LogP contribution in [0.25, 0.3) is 0 Å². The van der Waals surface area contributed by atoms with E-state index in [1.54, 1.807) is 33.7 Å². The minimum atomic E-state index is -0.826. The molecule has 2 bridgehead atoms. The zero-order valence-electron chi connectivity index (χ0n) is 27.2. The summed E-state index contributed by atoms with van der Waals surface area (Å²) in [6.45, 7) is 14.7. The Bertz CT molecular complexity index is 1420. The molecular formula is C37H47N3O5S. The summed E-state index contributed by atoms with van der Waals surface area (Å²) in [5.41, 5.74) is 1.46. The van der Waals surface area contributed by atoms with Crippen LogP contribution in [0.2, 0.25) is 0 Å². The minimum absolute atomic E-state index is 0.0593. The number of likely N-dealkylation sites (tertiary alicyclic amines) is 1. The van der Waals surface area contributed by atoms with Gasteiger partial charge in [0.15, 0.2) is 0 Å². The van der Waals surface area contributed by atoms with E-state index in [2.05, 4.69) is 20.1 Å². The van der Waals surface area contributed by atoms with Crippen LogP contribution in [0, 0.1) is 11.8 Å². The number of hydrogen-bond donors (Lipinski definition) is 1. The van der Waals surface area contributed by atoms with E-state index in [4.69, 9.17) is 4.74 Å². The zero-order valence-corrected chi connectivity index (χ0v) is 28.0. The molecule has 8 nitrogen and oxygen atoms in total. The van der Waals surface area contributed by atoms with Gasteiger partial charge in [-0.05, 0) is 62.9 Å². The number of fused-ring (bicyclic) bond motifs is 1. The van der Waals surface area contributed by atoms with E-state index in [1.807, 2.05) is 73.3 Å². The molecule has 3 unspecified atom stereocenters. The van der Waals surface area contributed by atoms with E-state index in [0.717, 1.165) is 24.8 Å². The Balaban J connectivity index is 1.59. The molecule has 246 valence electrons. The molecule has 0 radical (unpaired) electrons. The lowest BCUT2D eigenvalue weighted by Gasteiger charge is -2.41. The zero-order chi connectivity index (χ0) is 33.0. The third-order valence-electron chi connectivity index (χ3n) is 9.83. The number of aliphatic hydroxyl groups is 1. The fraction of sp³-hybridized carbons (Fsp3) is 0.486. The van der Waals surface area contributed by atoms with Gasteiger partial charge in [-0.15, -0.1) is 24.9 Å². The van der Waals surface area contributed by atoms with Crippen LogP contribution >= 0.6 is 11.8 Å². The number of hydrogen-bond acceptors (Lipinski definition) is 6. The van der Waals surface area contributed by atoms with Crippen molar-refractivity contribution in [2.24, 2.45) is 11.8 Å². The summed E-state index contributed by atoms with van der Waals surface area (Å²) in [5.74, 6) is -1.11. The second-order valence-corrected chi connectivity index (χ2v) is 14.1. The molecule has 3 aliphatic heterocycles. The SMILES string of the molecule is C=CCN(C(=O)[C@@H]1[C@@H]2CCC3(S2)C(C(=O)N(CC=C)C(C)CCC)N([C@H](CO)c2ccccc2)C(=O)[C@H]13)c1ccc(OCC)cc1. The number of rotatable bonds is 15. The number of carbonyl (C=O) groups is 3. The number of nitrogens with zero attached hydrogens (tertiary/aromatic N) is 3. The smallest absolute Gasteiger partial charge is 0.247 e. The number of ether oxygens (including phenoxy) is 1. The van der Waals surface area contributed by atoms with Crippen LogP contribution in [0.4, 0.5) is 5.69 Å². The van der Waals surface area contributed by atoms with Gasteiger partial charge in [-0.25, -0.2) is 0 Å². The highest BCUT2D eigenvalue weighted by Crippen LogP contribution is 2.67. The molecule has 3 heterocycles. The Morgan fingerprint density at radius 1 is 1.09 bits per heavy atom. The monoisotopic (exact) mass is 645 g/mol. The van der Waals surface area contributed by atoms with Gasteiger partial charge in [-0.3, -0.25) is 14.4 Å². The molecule has 1 N–H and O–H groups in total. The molecule has 3 amide bonds. The first kappa shape index (κ1) is 33.8. The lowest BCUT2D eigenvalue weighted by atomic mass is 9.70. The molecular weight excluding hydrogens is 598 g/mol. The first-order valence-corrected chi connectivity index (χ1v) is 17.4. The summed E-state index contributed by atoms with van der Waals surface area (Å²) < 4.78 is 4.83. The second-order valence-electron chi connectivity index (χ2n) is 12.5. The third kappa shape index (κ3) is 5.88. The molecule has 3 saturated heterocycles. The molecule has 9 heteroatoms. The predicted octanol–water partition coefficient (Wildman–Crippen LogP) is 5.63. The number of amides is 3. The molecule has 7 atom stereocenters. The maximum absolute atomic E-state index is 14.9. The van der Waals surface area contributed by atoms with E-state index in [9.17, 15) is 19.5 Å². The van der Waals surface area contributed by atoms with Gasteiger partial charge in [0.2, 0.25) is 17.7 Å². The van der Waals surface area contributed by atoms with Crippen LogP contribution in [0.1, 0.15) is 58.1 Å². The second kappa shape index (κ2) is 14.5. The Kier molecular flexibility index (Phi) is 10.6. The average Bonchev–Trinajstić information content (AvgIpc) is 3.71. The Morgan fingerprint density at radius 2 is 1.78 bits per heavy atom.